The van der Waals surface area contributed by atoms with Gasteiger partial charge in [0.1, 0.15) is 0 Å². The Morgan fingerprint density at radius 1 is 1.39 bits per heavy atom. The summed E-state index contributed by atoms with van der Waals surface area (Å²) in [7, 11) is 1.58. The zero-order chi connectivity index (χ0) is 17.1. The second kappa shape index (κ2) is 11.4. The Bertz CT molecular complexity index is 372. The number of hydrogen-bond donors (Lipinski definition) is 2. The van der Waals surface area contributed by atoms with Gasteiger partial charge in [0, 0.05) is 20.1 Å². The van der Waals surface area contributed by atoms with E-state index in [2.05, 4.69) is 19.2 Å². The monoisotopic (exact) mass is 331 g/mol. The van der Waals surface area contributed by atoms with E-state index >= 15 is 0 Å². The quantitative estimate of drug-likeness (QED) is 0.542. The van der Waals surface area contributed by atoms with Crippen LogP contribution in [0.1, 0.15) is 20.3 Å². The first-order valence-corrected chi connectivity index (χ1v) is 8.04. The van der Waals surface area contributed by atoms with E-state index in [0.717, 1.165) is 0 Å². The molecule has 1 amide bonds. The summed E-state index contributed by atoms with van der Waals surface area (Å²) in [6.07, 6.45) is 2.11. The average Bonchev–Trinajstić information content (AvgIpc) is 2.54. The third-order valence-corrected chi connectivity index (χ3v) is 3.53. The summed E-state index contributed by atoms with van der Waals surface area (Å²) in [5.74, 6) is 0.651. The molecule has 134 valence electrons. The summed E-state index contributed by atoms with van der Waals surface area (Å²) >= 11 is 0. The molecule has 0 fully saturated rings. The zero-order valence-electron chi connectivity index (χ0n) is 14.2. The molecule has 0 unspecified atom stereocenters. The lowest BCUT2D eigenvalue weighted by molar-refractivity contribution is -0.155. The normalized spacial score (nSPS) is 21.0. The molecule has 0 spiro atoms. The summed E-state index contributed by atoms with van der Waals surface area (Å²) in [5.41, 5.74) is 0. The predicted octanol–water partition coefficient (Wildman–Crippen LogP) is 0.677. The Kier molecular flexibility index (Phi) is 9.86. The number of aliphatic hydroxyl groups excluding tert-OH is 1. The van der Waals surface area contributed by atoms with E-state index < -0.39 is 6.29 Å². The number of carbonyl (C=O) groups excluding carboxylic acids is 1. The van der Waals surface area contributed by atoms with Crippen LogP contribution in [0.25, 0.3) is 0 Å². The lowest BCUT2D eigenvalue weighted by Gasteiger charge is -2.30. The molecule has 2 N–H and O–H groups in total. The molecule has 1 heterocycles. The highest BCUT2D eigenvalue weighted by Gasteiger charge is 2.29. The maximum absolute atomic E-state index is 12.1. The summed E-state index contributed by atoms with van der Waals surface area (Å²) in [4.78, 5) is 12.1. The number of methoxy groups -OCH3 is 1. The van der Waals surface area contributed by atoms with Gasteiger partial charge in [0.15, 0.2) is 5.76 Å². The average molecular weight is 331 g/mol. The summed E-state index contributed by atoms with van der Waals surface area (Å²) in [5, 5.41) is 11.4. The van der Waals surface area contributed by atoms with Crippen LogP contribution in [0.2, 0.25) is 0 Å². The van der Waals surface area contributed by atoms with Gasteiger partial charge in [-0.2, -0.15) is 0 Å². The largest absolute Gasteiger partial charge is 0.459 e. The molecule has 2 atom stereocenters. The van der Waals surface area contributed by atoms with Crippen LogP contribution in [0.3, 0.4) is 0 Å². The molecule has 0 bridgehead atoms. The van der Waals surface area contributed by atoms with E-state index in [1.807, 2.05) is 6.08 Å². The standard InChI is InChI=1S/C16H29NO6/c1-12(2)13-10-14(16(19)17-4-6-20-3)23-15(11-13)22-9-8-21-7-5-18/h10,12-13,15,18H,4-9,11H2,1-3H3,(H,17,19)/t13-,15+/m0/s1. The van der Waals surface area contributed by atoms with Gasteiger partial charge in [0.25, 0.3) is 5.91 Å². The third kappa shape index (κ3) is 7.78. The van der Waals surface area contributed by atoms with Gasteiger partial charge in [-0.05, 0) is 17.9 Å². The fourth-order valence-corrected chi connectivity index (χ4v) is 2.17. The molecule has 23 heavy (non-hydrogen) atoms. The first-order chi connectivity index (χ1) is 11.1. The molecule has 1 aliphatic rings. The van der Waals surface area contributed by atoms with E-state index in [9.17, 15) is 4.79 Å². The van der Waals surface area contributed by atoms with Crippen LogP contribution in [0.4, 0.5) is 0 Å². The van der Waals surface area contributed by atoms with Crippen molar-refractivity contribution in [3.8, 4) is 0 Å². The summed E-state index contributed by atoms with van der Waals surface area (Å²) in [6, 6.07) is 0. The summed E-state index contributed by atoms with van der Waals surface area (Å²) < 4.78 is 21.4. The Hall–Kier alpha value is -1.15. The van der Waals surface area contributed by atoms with Crippen LogP contribution in [-0.4, -0.2) is 64.0 Å². The van der Waals surface area contributed by atoms with Gasteiger partial charge in [-0.1, -0.05) is 13.8 Å². The third-order valence-electron chi connectivity index (χ3n) is 3.53. The second-order valence-corrected chi connectivity index (χ2v) is 5.68. The lowest BCUT2D eigenvalue weighted by Crippen LogP contribution is -2.35. The molecule has 0 aromatic carbocycles. The van der Waals surface area contributed by atoms with E-state index in [4.69, 9.17) is 24.1 Å². The molecule has 0 saturated carbocycles. The molecular formula is C16H29NO6. The molecule has 0 saturated heterocycles. The van der Waals surface area contributed by atoms with Crippen molar-refractivity contribution in [3.63, 3.8) is 0 Å². The predicted molar refractivity (Wildman–Crippen MR) is 84.6 cm³/mol. The van der Waals surface area contributed by atoms with Crippen LogP contribution < -0.4 is 5.32 Å². The zero-order valence-corrected chi connectivity index (χ0v) is 14.2. The molecule has 0 aliphatic carbocycles. The highest BCUT2D eigenvalue weighted by Crippen LogP contribution is 2.28. The van der Waals surface area contributed by atoms with Crippen LogP contribution in [-0.2, 0) is 23.7 Å². The van der Waals surface area contributed by atoms with Crippen molar-refractivity contribution in [2.75, 3.05) is 46.7 Å². The number of hydrogen-bond acceptors (Lipinski definition) is 6. The maximum atomic E-state index is 12.1. The molecule has 0 aromatic rings. The molecule has 7 nitrogen and oxygen atoms in total. The molecule has 0 aromatic heterocycles. The van der Waals surface area contributed by atoms with Crippen molar-refractivity contribution in [3.05, 3.63) is 11.8 Å². The van der Waals surface area contributed by atoms with E-state index in [1.54, 1.807) is 7.11 Å². The van der Waals surface area contributed by atoms with Crippen LogP contribution in [0, 0.1) is 11.8 Å². The first-order valence-electron chi connectivity index (χ1n) is 8.04. The van der Waals surface area contributed by atoms with Crippen molar-refractivity contribution in [1.82, 2.24) is 5.32 Å². The topological polar surface area (TPSA) is 86.3 Å². The van der Waals surface area contributed by atoms with Gasteiger partial charge in [-0.25, -0.2) is 0 Å². The van der Waals surface area contributed by atoms with Gasteiger partial charge < -0.3 is 29.4 Å². The number of carbonyl (C=O) groups is 1. The Balaban J connectivity index is 2.50. The van der Waals surface area contributed by atoms with Crippen molar-refractivity contribution >= 4 is 5.91 Å². The lowest BCUT2D eigenvalue weighted by atomic mass is 9.90. The van der Waals surface area contributed by atoms with Gasteiger partial charge in [0.05, 0.1) is 33.0 Å². The minimum absolute atomic E-state index is 0.0100. The minimum Gasteiger partial charge on any atom is -0.459 e. The number of nitrogens with one attached hydrogen (secondary N) is 1. The Morgan fingerprint density at radius 2 is 2.17 bits per heavy atom. The fourth-order valence-electron chi connectivity index (χ4n) is 2.17. The summed E-state index contributed by atoms with van der Waals surface area (Å²) in [6.45, 7) is 6.11. The Morgan fingerprint density at radius 3 is 2.83 bits per heavy atom. The van der Waals surface area contributed by atoms with Crippen LogP contribution >= 0.6 is 0 Å². The van der Waals surface area contributed by atoms with Crippen LogP contribution in [0.15, 0.2) is 11.8 Å². The van der Waals surface area contributed by atoms with Crippen molar-refractivity contribution < 1.29 is 28.8 Å². The van der Waals surface area contributed by atoms with Gasteiger partial charge >= 0.3 is 0 Å². The van der Waals surface area contributed by atoms with Gasteiger partial charge in [-0.3, -0.25) is 4.79 Å². The SMILES string of the molecule is COCCNC(=O)C1=C[C@H](C(C)C)C[C@H](OCCOCCO)O1. The maximum Gasteiger partial charge on any atom is 0.286 e. The van der Waals surface area contributed by atoms with E-state index in [1.165, 1.54) is 0 Å². The number of allylic oxidation sites excluding steroid dienone is 1. The van der Waals surface area contributed by atoms with Crippen molar-refractivity contribution in [1.29, 1.82) is 0 Å². The molecule has 1 rings (SSSR count). The van der Waals surface area contributed by atoms with Crippen molar-refractivity contribution in [2.45, 2.75) is 26.6 Å². The smallest absolute Gasteiger partial charge is 0.286 e. The Labute approximate surface area is 137 Å². The molecule has 0 radical (unpaired) electrons. The van der Waals surface area contributed by atoms with Crippen molar-refractivity contribution in [2.24, 2.45) is 11.8 Å². The van der Waals surface area contributed by atoms with Gasteiger partial charge in [-0.15, -0.1) is 0 Å². The number of aliphatic hydroxyl groups is 1. The molecule has 7 heteroatoms. The molecular weight excluding hydrogens is 302 g/mol. The van der Waals surface area contributed by atoms with Crippen LogP contribution in [0.5, 0.6) is 0 Å². The fraction of sp³-hybridized carbons (Fsp3) is 0.812. The first kappa shape index (κ1) is 19.9. The van der Waals surface area contributed by atoms with E-state index in [0.29, 0.717) is 44.5 Å². The second-order valence-electron chi connectivity index (χ2n) is 5.68. The number of amides is 1. The highest BCUT2D eigenvalue weighted by molar-refractivity contribution is 5.91. The highest BCUT2D eigenvalue weighted by atomic mass is 16.7. The van der Waals surface area contributed by atoms with Gasteiger partial charge in [0.2, 0.25) is 6.29 Å². The van der Waals surface area contributed by atoms with E-state index in [-0.39, 0.29) is 25.0 Å². The molecule has 1 aliphatic heterocycles. The number of rotatable bonds is 11. The minimum atomic E-state index is -0.465. The number of ether oxygens (including phenoxy) is 4.